The Bertz CT molecular complexity index is 683. The summed E-state index contributed by atoms with van der Waals surface area (Å²) in [6.07, 6.45) is 9.22. The minimum absolute atomic E-state index is 0.211. The summed E-state index contributed by atoms with van der Waals surface area (Å²) in [4.78, 5) is 22.7. The van der Waals surface area contributed by atoms with E-state index in [9.17, 15) is 4.79 Å². The van der Waals surface area contributed by atoms with Crippen LogP contribution in [0.2, 0.25) is 0 Å². The molecule has 0 N–H and O–H groups in total. The Labute approximate surface area is 142 Å². The van der Waals surface area contributed by atoms with Crippen molar-refractivity contribution in [3.05, 3.63) is 24.8 Å². The topological polar surface area (TPSA) is 65.2 Å². The van der Waals surface area contributed by atoms with E-state index >= 15 is 0 Å². The molecule has 0 atom stereocenters. The van der Waals surface area contributed by atoms with Crippen molar-refractivity contribution >= 4 is 6.09 Å². The zero-order chi connectivity index (χ0) is 17.1. The van der Waals surface area contributed by atoms with Gasteiger partial charge in [0.2, 0.25) is 0 Å². The molecule has 7 nitrogen and oxygen atoms in total. The van der Waals surface area contributed by atoms with E-state index < -0.39 is 0 Å². The van der Waals surface area contributed by atoms with Gasteiger partial charge in [-0.3, -0.25) is 0 Å². The van der Waals surface area contributed by atoms with Crippen LogP contribution in [0.1, 0.15) is 45.7 Å². The standard InChI is InChI=1S/C17H25N5O2/c1-4-24-17(23)20-9-5-14(6-10-20)22-12-8-19-16(22)15-18-7-11-21(15)13(2)3/h7-8,11-14H,4-6,9-10H2,1-3H3. The second kappa shape index (κ2) is 7.07. The summed E-state index contributed by atoms with van der Waals surface area (Å²) in [5.74, 6) is 1.78. The van der Waals surface area contributed by atoms with Crippen molar-refractivity contribution < 1.29 is 9.53 Å². The molecule has 1 fully saturated rings. The van der Waals surface area contributed by atoms with Crippen LogP contribution in [-0.2, 0) is 4.74 Å². The molecule has 2 aromatic heterocycles. The van der Waals surface area contributed by atoms with Crippen LogP contribution in [0, 0.1) is 0 Å². The van der Waals surface area contributed by atoms with Gasteiger partial charge in [0, 0.05) is 50.0 Å². The van der Waals surface area contributed by atoms with Gasteiger partial charge in [0.1, 0.15) is 0 Å². The third-order valence-corrected chi connectivity index (χ3v) is 4.48. The van der Waals surface area contributed by atoms with Gasteiger partial charge in [0.15, 0.2) is 11.6 Å². The van der Waals surface area contributed by atoms with Gasteiger partial charge < -0.3 is 18.8 Å². The molecule has 0 spiro atoms. The molecular weight excluding hydrogens is 306 g/mol. The normalized spacial score (nSPS) is 15.9. The van der Waals surface area contributed by atoms with E-state index in [4.69, 9.17) is 4.74 Å². The van der Waals surface area contributed by atoms with E-state index in [1.807, 2.05) is 31.7 Å². The van der Waals surface area contributed by atoms with Gasteiger partial charge in [-0.1, -0.05) is 0 Å². The van der Waals surface area contributed by atoms with Crippen LogP contribution in [0.3, 0.4) is 0 Å². The molecule has 0 bridgehead atoms. The number of imidazole rings is 2. The fourth-order valence-corrected chi connectivity index (χ4v) is 3.23. The lowest BCUT2D eigenvalue weighted by molar-refractivity contribution is 0.0928. The maximum absolute atomic E-state index is 11.8. The third kappa shape index (κ3) is 3.16. The molecule has 0 aromatic carbocycles. The first kappa shape index (κ1) is 16.5. The minimum atomic E-state index is -0.211. The highest BCUT2D eigenvalue weighted by Gasteiger charge is 2.26. The fraction of sp³-hybridized carbons (Fsp3) is 0.588. The van der Waals surface area contributed by atoms with Gasteiger partial charge in [-0.15, -0.1) is 0 Å². The first-order valence-corrected chi connectivity index (χ1v) is 8.59. The summed E-state index contributed by atoms with van der Waals surface area (Å²) in [5.41, 5.74) is 0. The van der Waals surface area contributed by atoms with E-state index in [-0.39, 0.29) is 6.09 Å². The summed E-state index contributed by atoms with van der Waals surface area (Å²) in [5, 5.41) is 0. The lowest BCUT2D eigenvalue weighted by Crippen LogP contribution is -2.39. The highest BCUT2D eigenvalue weighted by molar-refractivity contribution is 5.67. The average molecular weight is 331 g/mol. The van der Waals surface area contributed by atoms with Crippen molar-refractivity contribution in [3.63, 3.8) is 0 Å². The number of amides is 1. The summed E-state index contributed by atoms with van der Waals surface area (Å²) < 4.78 is 9.42. The number of hydrogen-bond donors (Lipinski definition) is 0. The van der Waals surface area contributed by atoms with Crippen molar-refractivity contribution in [1.82, 2.24) is 24.0 Å². The van der Waals surface area contributed by atoms with E-state index in [0.717, 1.165) is 24.5 Å². The van der Waals surface area contributed by atoms with Gasteiger partial charge in [-0.05, 0) is 33.6 Å². The molecule has 1 saturated heterocycles. The highest BCUT2D eigenvalue weighted by atomic mass is 16.6. The number of rotatable bonds is 4. The van der Waals surface area contributed by atoms with E-state index in [1.165, 1.54) is 0 Å². The number of hydrogen-bond acceptors (Lipinski definition) is 4. The lowest BCUT2D eigenvalue weighted by Gasteiger charge is -2.32. The first-order chi connectivity index (χ1) is 11.6. The molecule has 0 saturated carbocycles. The van der Waals surface area contributed by atoms with Crippen LogP contribution >= 0.6 is 0 Å². The number of likely N-dealkylation sites (tertiary alicyclic amines) is 1. The maximum Gasteiger partial charge on any atom is 0.409 e. The Hall–Kier alpha value is -2.31. The number of piperidine rings is 1. The predicted octanol–water partition coefficient (Wildman–Crippen LogP) is 3.12. The van der Waals surface area contributed by atoms with Crippen LogP contribution in [0.25, 0.3) is 11.6 Å². The maximum atomic E-state index is 11.8. The van der Waals surface area contributed by atoms with Gasteiger partial charge in [0.25, 0.3) is 0 Å². The highest BCUT2D eigenvalue weighted by Crippen LogP contribution is 2.28. The molecule has 1 aliphatic heterocycles. The predicted molar refractivity (Wildman–Crippen MR) is 90.7 cm³/mol. The zero-order valence-electron chi connectivity index (χ0n) is 14.6. The summed E-state index contributed by atoms with van der Waals surface area (Å²) >= 11 is 0. The van der Waals surface area contributed by atoms with Crippen molar-refractivity contribution in [1.29, 1.82) is 0 Å². The number of carbonyl (C=O) groups is 1. The van der Waals surface area contributed by atoms with Crippen LogP contribution in [-0.4, -0.2) is 49.8 Å². The molecule has 2 aromatic rings. The van der Waals surface area contributed by atoms with Gasteiger partial charge in [-0.2, -0.15) is 0 Å². The summed E-state index contributed by atoms with van der Waals surface area (Å²) in [7, 11) is 0. The average Bonchev–Trinajstić information content (AvgIpc) is 3.23. The number of carbonyl (C=O) groups excluding carboxylic acids is 1. The van der Waals surface area contributed by atoms with E-state index in [1.54, 1.807) is 4.90 Å². The monoisotopic (exact) mass is 331 g/mol. The van der Waals surface area contributed by atoms with Gasteiger partial charge in [-0.25, -0.2) is 14.8 Å². The van der Waals surface area contributed by atoms with Gasteiger partial charge in [0.05, 0.1) is 6.61 Å². The first-order valence-electron chi connectivity index (χ1n) is 8.59. The molecule has 3 heterocycles. The molecule has 24 heavy (non-hydrogen) atoms. The Morgan fingerprint density at radius 1 is 1.21 bits per heavy atom. The molecular formula is C17H25N5O2. The quantitative estimate of drug-likeness (QED) is 0.863. The van der Waals surface area contributed by atoms with Gasteiger partial charge >= 0.3 is 6.09 Å². The second-order valence-corrected chi connectivity index (χ2v) is 6.33. The SMILES string of the molecule is CCOC(=O)N1CCC(n2ccnc2-c2nccn2C(C)C)CC1. The van der Waals surface area contributed by atoms with Crippen molar-refractivity contribution in [2.75, 3.05) is 19.7 Å². The second-order valence-electron chi connectivity index (χ2n) is 6.33. The van der Waals surface area contributed by atoms with Crippen LogP contribution in [0.5, 0.6) is 0 Å². The van der Waals surface area contributed by atoms with Crippen LogP contribution in [0.15, 0.2) is 24.8 Å². The Kier molecular flexibility index (Phi) is 4.87. The molecule has 1 aliphatic rings. The molecule has 0 radical (unpaired) electrons. The van der Waals surface area contributed by atoms with Crippen LogP contribution < -0.4 is 0 Å². The van der Waals surface area contributed by atoms with Crippen molar-refractivity contribution in [2.24, 2.45) is 0 Å². The van der Waals surface area contributed by atoms with E-state index in [0.29, 0.717) is 31.8 Å². The van der Waals surface area contributed by atoms with Crippen molar-refractivity contribution in [2.45, 2.75) is 45.7 Å². The van der Waals surface area contributed by atoms with E-state index in [2.05, 4.69) is 32.9 Å². The molecule has 1 amide bonds. The zero-order valence-corrected chi connectivity index (χ0v) is 14.6. The molecule has 0 unspecified atom stereocenters. The fourth-order valence-electron chi connectivity index (χ4n) is 3.23. The third-order valence-electron chi connectivity index (χ3n) is 4.48. The Morgan fingerprint density at radius 2 is 1.88 bits per heavy atom. The molecule has 130 valence electrons. The number of ether oxygens (including phenoxy) is 1. The number of nitrogens with zero attached hydrogens (tertiary/aromatic N) is 5. The van der Waals surface area contributed by atoms with Crippen LogP contribution in [0.4, 0.5) is 4.79 Å². The lowest BCUT2D eigenvalue weighted by atomic mass is 10.1. The largest absolute Gasteiger partial charge is 0.450 e. The summed E-state index contributed by atoms with van der Waals surface area (Å²) in [6.45, 7) is 7.94. The smallest absolute Gasteiger partial charge is 0.409 e. The molecule has 0 aliphatic carbocycles. The Morgan fingerprint density at radius 3 is 2.54 bits per heavy atom. The molecule has 3 rings (SSSR count). The summed E-state index contributed by atoms with van der Waals surface area (Å²) in [6, 6.07) is 0.656. The van der Waals surface area contributed by atoms with Crippen molar-refractivity contribution in [3.8, 4) is 11.6 Å². The molecule has 7 heteroatoms. The Balaban J connectivity index is 1.75. The number of aromatic nitrogens is 4. The minimum Gasteiger partial charge on any atom is -0.450 e.